The van der Waals surface area contributed by atoms with E-state index in [1.807, 2.05) is 0 Å². The van der Waals surface area contributed by atoms with Crippen LogP contribution in [0.4, 0.5) is 26.3 Å². The van der Waals surface area contributed by atoms with E-state index in [0.717, 1.165) is 37.2 Å². The fourth-order valence-corrected chi connectivity index (χ4v) is 4.53. The fourth-order valence-electron chi connectivity index (χ4n) is 4.53. The molecule has 31 heavy (non-hydrogen) atoms. The van der Waals surface area contributed by atoms with Gasteiger partial charge in [-0.15, -0.1) is 0 Å². The molecule has 0 nitrogen and oxygen atoms in total. The van der Waals surface area contributed by atoms with Crippen LogP contribution in [0, 0.1) is 29.3 Å². The van der Waals surface area contributed by atoms with Gasteiger partial charge in [-0.05, 0) is 72.8 Å². The standard InChI is InChI=1S/C25H28F6/c1-3-15(2)4-5-16-6-8-17(9-7-16)18-10-11-20(21(26)12-18)19-13-22(27)24(23(28)14-19)25(29,30)31/h10-17H,3-9H2,1-2H3. The van der Waals surface area contributed by atoms with E-state index in [4.69, 9.17) is 0 Å². The monoisotopic (exact) mass is 442 g/mol. The molecule has 1 unspecified atom stereocenters. The van der Waals surface area contributed by atoms with Gasteiger partial charge in [0.2, 0.25) is 0 Å². The lowest BCUT2D eigenvalue weighted by molar-refractivity contribution is -0.142. The van der Waals surface area contributed by atoms with E-state index < -0.39 is 29.2 Å². The fraction of sp³-hybridized carbons (Fsp3) is 0.520. The second-order valence-electron chi connectivity index (χ2n) is 8.86. The molecular weight excluding hydrogens is 414 g/mol. The highest BCUT2D eigenvalue weighted by molar-refractivity contribution is 5.65. The summed E-state index contributed by atoms with van der Waals surface area (Å²) < 4.78 is 80.8. The van der Waals surface area contributed by atoms with Crippen LogP contribution in [0.5, 0.6) is 0 Å². The Kier molecular flexibility index (Phi) is 7.38. The van der Waals surface area contributed by atoms with Gasteiger partial charge in [0.05, 0.1) is 0 Å². The summed E-state index contributed by atoms with van der Waals surface area (Å²) in [7, 11) is 0. The molecule has 1 aliphatic carbocycles. The normalized spacial score (nSPS) is 20.6. The highest BCUT2D eigenvalue weighted by Crippen LogP contribution is 2.40. The molecule has 2 aromatic rings. The topological polar surface area (TPSA) is 0 Å². The summed E-state index contributed by atoms with van der Waals surface area (Å²) in [6.07, 6.45) is 2.62. The molecule has 170 valence electrons. The van der Waals surface area contributed by atoms with Crippen LogP contribution in [-0.4, -0.2) is 0 Å². The van der Waals surface area contributed by atoms with Crippen LogP contribution in [0.2, 0.25) is 0 Å². The molecule has 1 atom stereocenters. The molecule has 0 aromatic heterocycles. The lowest BCUT2D eigenvalue weighted by atomic mass is 9.76. The smallest absolute Gasteiger partial charge is 0.206 e. The minimum absolute atomic E-state index is 0.113. The Morgan fingerprint density at radius 3 is 2.03 bits per heavy atom. The number of halogens is 6. The average Bonchev–Trinajstić information content (AvgIpc) is 2.70. The Morgan fingerprint density at radius 2 is 1.52 bits per heavy atom. The van der Waals surface area contributed by atoms with Crippen LogP contribution in [0.1, 0.15) is 75.8 Å². The Bertz CT molecular complexity index is 870. The molecule has 1 saturated carbocycles. The highest BCUT2D eigenvalue weighted by Gasteiger charge is 2.38. The van der Waals surface area contributed by atoms with Gasteiger partial charge < -0.3 is 0 Å². The molecule has 0 amide bonds. The molecule has 0 saturated heterocycles. The lowest BCUT2D eigenvalue weighted by Crippen LogP contribution is -2.14. The number of alkyl halides is 3. The number of hydrogen-bond acceptors (Lipinski definition) is 0. The number of hydrogen-bond donors (Lipinski definition) is 0. The molecule has 3 rings (SSSR count). The molecular formula is C25H28F6. The van der Waals surface area contributed by atoms with E-state index in [9.17, 15) is 26.3 Å². The zero-order chi connectivity index (χ0) is 22.8. The van der Waals surface area contributed by atoms with E-state index in [1.54, 1.807) is 6.07 Å². The quantitative estimate of drug-likeness (QED) is 0.392. The minimum Gasteiger partial charge on any atom is -0.206 e. The molecule has 0 bridgehead atoms. The molecule has 1 fully saturated rings. The summed E-state index contributed by atoms with van der Waals surface area (Å²) in [5, 5.41) is 0. The third-order valence-electron chi connectivity index (χ3n) is 6.71. The number of rotatable bonds is 6. The Labute approximate surface area is 179 Å². The van der Waals surface area contributed by atoms with Crippen molar-refractivity contribution in [3.63, 3.8) is 0 Å². The van der Waals surface area contributed by atoms with Crippen LogP contribution in [0.15, 0.2) is 30.3 Å². The molecule has 2 aromatic carbocycles. The molecule has 0 N–H and O–H groups in total. The highest BCUT2D eigenvalue weighted by atomic mass is 19.4. The summed E-state index contributed by atoms with van der Waals surface area (Å²) in [6, 6.07) is 5.54. The lowest BCUT2D eigenvalue weighted by Gasteiger charge is -2.29. The first-order valence-corrected chi connectivity index (χ1v) is 11.0. The second kappa shape index (κ2) is 9.66. The van der Waals surface area contributed by atoms with Gasteiger partial charge in [0.25, 0.3) is 0 Å². The molecule has 0 spiro atoms. The van der Waals surface area contributed by atoms with Crippen LogP contribution in [-0.2, 0) is 6.18 Å². The van der Waals surface area contributed by atoms with Crippen molar-refractivity contribution in [2.24, 2.45) is 11.8 Å². The molecule has 1 aliphatic rings. The van der Waals surface area contributed by atoms with Gasteiger partial charge in [-0.2, -0.15) is 13.2 Å². The third-order valence-corrected chi connectivity index (χ3v) is 6.71. The van der Waals surface area contributed by atoms with Gasteiger partial charge in [0.15, 0.2) is 0 Å². The van der Waals surface area contributed by atoms with Crippen molar-refractivity contribution < 1.29 is 26.3 Å². The summed E-state index contributed by atoms with van der Waals surface area (Å²) in [5.74, 6) is -2.52. The van der Waals surface area contributed by atoms with Gasteiger partial charge in [-0.1, -0.05) is 45.2 Å². The largest absolute Gasteiger partial charge is 0.422 e. The molecule has 0 heterocycles. The minimum atomic E-state index is -5.15. The van der Waals surface area contributed by atoms with Crippen LogP contribution >= 0.6 is 0 Å². The first kappa shape index (κ1) is 23.7. The van der Waals surface area contributed by atoms with Crippen molar-refractivity contribution in [1.82, 2.24) is 0 Å². The maximum atomic E-state index is 14.7. The first-order valence-electron chi connectivity index (χ1n) is 11.0. The maximum Gasteiger partial charge on any atom is 0.422 e. The van der Waals surface area contributed by atoms with Crippen molar-refractivity contribution in [3.05, 3.63) is 58.9 Å². The van der Waals surface area contributed by atoms with E-state index in [1.165, 1.54) is 31.4 Å². The van der Waals surface area contributed by atoms with Gasteiger partial charge in [0, 0.05) is 5.56 Å². The predicted molar refractivity (Wildman–Crippen MR) is 110 cm³/mol. The van der Waals surface area contributed by atoms with E-state index in [2.05, 4.69) is 13.8 Å². The third kappa shape index (κ3) is 5.64. The van der Waals surface area contributed by atoms with Crippen molar-refractivity contribution in [3.8, 4) is 11.1 Å². The van der Waals surface area contributed by atoms with Crippen molar-refractivity contribution in [2.45, 2.75) is 70.9 Å². The second-order valence-corrected chi connectivity index (χ2v) is 8.86. The predicted octanol–water partition coefficient (Wildman–Crippen LogP) is 8.89. The van der Waals surface area contributed by atoms with E-state index in [-0.39, 0.29) is 17.0 Å². The van der Waals surface area contributed by atoms with Gasteiger partial charge in [0.1, 0.15) is 23.0 Å². The van der Waals surface area contributed by atoms with Crippen molar-refractivity contribution >= 4 is 0 Å². The summed E-state index contributed by atoms with van der Waals surface area (Å²) >= 11 is 0. The van der Waals surface area contributed by atoms with E-state index in [0.29, 0.717) is 18.1 Å². The average molecular weight is 442 g/mol. The maximum absolute atomic E-state index is 14.7. The van der Waals surface area contributed by atoms with Gasteiger partial charge in [-0.25, -0.2) is 13.2 Å². The summed E-state index contributed by atoms with van der Waals surface area (Å²) in [4.78, 5) is 0. The summed E-state index contributed by atoms with van der Waals surface area (Å²) in [5.41, 5.74) is -1.49. The van der Waals surface area contributed by atoms with Crippen molar-refractivity contribution in [2.75, 3.05) is 0 Å². The first-order chi connectivity index (χ1) is 14.6. The Hall–Kier alpha value is -1.98. The zero-order valence-corrected chi connectivity index (χ0v) is 17.8. The Balaban J connectivity index is 1.72. The zero-order valence-electron chi connectivity index (χ0n) is 17.8. The van der Waals surface area contributed by atoms with Crippen LogP contribution < -0.4 is 0 Å². The SMILES string of the molecule is CCC(C)CCC1CCC(c2ccc(-c3cc(F)c(C(F)(F)F)c(F)c3)c(F)c2)CC1. The van der Waals surface area contributed by atoms with E-state index >= 15 is 0 Å². The molecule has 6 heteroatoms. The van der Waals surface area contributed by atoms with Crippen LogP contribution in [0.3, 0.4) is 0 Å². The number of benzene rings is 2. The van der Waals surface area contributed by atoms with Crippen molar-refractivity contribution in [1.29, 1.82) is 0 Å². The van der Waals surface area contributed by atoms with Gasteiger partial charge in [-0.3, -0.25) is 0 Å². The molecule has 0 aliphatic heterocycles. The van der Waals surface area contributed by atoms with Gasteiger partial charge >= 0.3 is 6.18 Å². The Morgan fingerprint density at radius 1 is 0.903 bits per heavy atom. The molecule has 0 radical (unpaired) electrons. The van der Waals surface area contributed by atoms with Crippen LogP contribution in [0.25, 0.3) is 11.1 Å². The summed E-state index contributed by atoms with van der Waals surface area (Å²) in [6.45, 7) is 4.47.